The maximum absolute atomic E-state index is 12.3. The van der Waals surface area contributed by atoms with E-state index in [9.17, 15) is 22.8 Å². The van der Waals surface area contributed by atoms with Crippen LogP contribution in [-0.4, -0.2) is 38.3 Å². The van der Waals surface area contributed by atoms with Gasteiger partial charge in [0.1, 0.15) is 0 Å². The minimum absolute atomic E-state index is 0.0673. The van der Waals surface area contributed by atoms with E-state index in [0.29, 0.717) is 11.4 Å². The molecular formula is C21H25N3O6S. The van der Waals surface area contributed by atoms with E-state index in [4.69, 9.17) is 4.74 Å². The Labute approximate surface area is 181 Å². The lowest BCUT2D eigenvalue weighted by atomic mass is 10.2. The van der Waals surface area contributed by atoms with Crippen molar-refractivity contribution < 1.29 is 27.5 Å². The van der Waals surface area contributed by atoms with E-state index >= 15 is 0 Å². The normalized spacial score (nSPS) is 12.2. The third kappa shape index (κ3) is 7.19. The van der Waals surface area contributed by atoms with Crippen LogP contribution in [0.15, 0.2) is 53.4 Å². The highest BCUT2D eigenvalue weighted by Gasteiger charge is 2.20. The summed E-state index contributed by atoms with van der Waals surface area (Å²) >= 11 is 0. The van der Waals surface area contributed by atoms with Gasteiger partial charge in [-0.05, 0) is 63.2 Å². The summed E-state index contributed by atoms with van der Waals surface area (Å²) in [5.41, 5.74) is 0.961. The third-order valence-electron chi connectivity index (χ3n) is 3.89. The molecule has 3 N–H and O–H groups in total. The maximum Gasteiger partial charge on any atom is 0.338 e. The Bertz CT molecular complexity index is 1060. The van der Waals surface area contributed by atoms with Crippen molar-refractivity contribution >= 4 is 39.2 Å². The van der Waals surface area contributed by atoms with Gasteiger partial charge >= 0.3 is 5.97 Å². The molecule has 2 amide bonds. The van der Waals surface area contributed by atoms with E-state index in [-0.39, 0.29) is 22.4 Å². The van der Waals surface area contributed by atoms with Crippen molar-refractivity contribution in [3.63, 3.8) is 0 Å². The fraction of sp³-hybridized carbons (Fsp3) is 0.286. The summed E-state index contributed by atoms with van der Waals surface area (Å²) in [5, 5.41) is 5.13. The number of carbonyl (C=O) groups excluding carboxylic acids is 3. The summed E-state index contributed by atoms with van der Waals surface area (Å²) < 4.78 is 31.9. The van der Waals surface area contributed by atoms with Crippen LogP contribution in [0.4, 0.5) is 11.4 Å². The molecule has 2 aromatic rings. The number of amides is 2. The summed E-state index contributed by atoms with van der Waals surface area (Å²) in [6.45, 7) is 6.19. The number of anilines is 2. The van der Waals surface area contributed by atoms with Gasteiger partial charge in [-0.2, -0.15) is 0 Å². The average Bonchev–Trinajstić information content (AvgIpc) is 2.67. The first-order valence-corrected chi connectivity index (χ1v) is 11.0. The molecule has 0 aliphatic heterocycles. The molecule has 0 aliphatic rings. The SMILES string of the molecule is CC(=O)Nc1cccc(C(=O)O[C@@H](C)C(=O)Nc2ccc(S(=O)(=O)NC(C)C)cc2)c1. The molecule has 2 aromatic carbocycles. The quantitative estimate of drug-likeness (QED) is 0.533. The minimum Gasteiger partial charge on any atom is -0.449 e. The van der Waals surface area contributed by atoms with Crippen molar-refractivity contribution in [3.8, 4) is 0 Å². The minimum atomic E-state index is -3.64. The highest BCUT2D eigenvalue weighted by molar-refractivity contribution is 7.89. The number of nitrogens with one attached hydrogen (secondary N) is 3. The van der Waals surface area contributed by atoms with Crippen molar-refractivity contribution in [3.05, 3.63) is 54.1 Å². The van der Waals surface area contributed by atoms with E-state index in [1.807, 2.05) is 0 Å². The van der Waals surface area contributed by atoms with Gasteiger partial charge in [0.25, 0.3) is 5.91 Å². The van der Waals surface area contributed by atoms with E-state index in [0.717, 1.165) is 0 Å². The van der Waals surface area contributed by atoms with Gasteiger partial charge in [0, 0.05) is 24.3 Å². The highest BCUT2D eigenvalue weighted by atomic mass is 32.2. The number of ether oxygens (including phenoxy) is 1. The fourth-order valence-corrected chi connectivity index (χ4v) is 3.80. The molecule has 0 aliphatic carbocycles. The smallest absolute Gasteiger partial charge is 0.338 e. The molecule has 0 spiro atoms. The van der Waals surface area contributed by atoms with Crippen LogP contribution in [0.25, 0.3) is 0 Å². The molecule has 0 heterocycles. The largest absolute Gasteiger partial charge is 0.449 e. The second-order valence-electron chi connectivity index (χ2n) is 7.10. The summed E-state index contributed by atoms with van der Waals surface area (Å²) in [6, 6.07) is 11.5. The Hall–Kier alpha value is -3.24. The molecule has 0 fully saturated rings. The molecule has 0 aromatic heterocycles. The second-order valence-corrected chi connectivity index (χ2v) is 8.81. The van der Waals surface area contributed by atoms with E-state index in [1.165, 1.54) is 50.2 Å². The Morgan fingerprint density at radius 1 is 0.903 bits per heavy atom. The van der Waals surface area contributed by atoms with Crippen LogP contribution >= 0.6 is 0 Å². The van der Waals surface area contributed by atoms with E-state index in [2.05, 4.69) is 15.4 Å². The molecule has 0 unspecified atom stereocenters. The topological polar surface area (TPSA) is 131 Å². The molecule has 166 valence electrons. The van der Waals surface area contributed by atoms with Crippen molar-refractivity contribution in [2.24, 2.45) is 0 Å². The van der Waals surface area contributed by atoms with Gasteiger partial charge in [0.2, 0.25) is 15.9 Å². The Kier molecular flexibility index (Phi) is 7.89. The van der Waals surface area contributed by atoms with Gasteiger partial charge in [-0.3, -0.25) is 9.59 Å². The predicted octanol–water partition coefficient (Wildman–Crippen LogP) is 2.52. The van der Waals surface area contributed by atoms with Gasteiger partial charge in [0.15, 0.2) is 6.10 Å². The third-order valence-corrected chi connectivity index (χ3v) is 5.57. The number of hydrogen-bond acceptors (Lipinski definition) is 6. The molecule has 2 rings (SSSR count). The summed E-state index contributed by atoms with van der Waals surface area (Å²) in [5.74, 6) is -1.59. The monoisotopic (exact) mass is 447 g/mol. The Morgan fingerprint density at radius 3 is 2.13 bits per heavy atom. The van der Waals surface area contributed by atoms with Crippen molar-refractivity contribution in [1.82, 2.24) is 4.72 Å². The number of benzene rings is 2. The van der Waals surface area contributed by atoms with Gasteiger partial charge < -0.3 is 15.4 Å². The number of esters is 1. The van der Waals surface area contributed by atoms with Crippen LogP contribution in [0.3, 0.4) is 0 Å². The average molecular weight is 448 g/mol. The first kappa shape index (κ1) is 24.0. The van der Waals surface area contributed by atoms with Gasteiger partial charge in [-0.25, -0.2) is 17.9 Å². The van der Waals surface area contributed by atoms with Crippen LogP contribution < -0.4 is 15.4 Å². The summed E-state index contributed by atoms with van der Waals surface area (Å²) in [6.07, 6.45) is -1.11. The molecule has 9 nitrogen and oxygen atoms in total. The molecule has 0 radical (unpaired) electrons. The van der Waals surface area contributed by atoms with Gasteiger partial charge in [-0.1, -0.05) is 6.07 Å². The molecule has 0 saturated heterocycles. The maximum atomic E-state index is 12.3. The second kappa shape index (κ2) is 10.2. The molecular weight excluding hydrogens is 422 g/mol. The lowest BCUT2D eigenvalue weighted by Gasteiger charge is -2.14. The number of sulfonamides is 1. The molecule has 1 atom stereocenters. The molecule has 31 heavy (non-hydrogen) atoms. The van der Waals surface area contributed by atoms with Crippen molar-refractivity contribution in [2.45, 2.75) is 44.7 Å². The number of carbonyl (C=O) groups is 3. The zero-order valence-electron chi connectivity index (χ0n) is 17.6. The molecule has 0 saturated carbocycles. The predicted molar refractivity (Wildman–Crippen MR) is 116 cm³/mol. The van der Waals surface area contributed by atoms with Crippen LogP contribution in [0, 0.1) is 0 Å². The summed E-state index contributed by atoms with van der Waals surface area (Å²) in [7, 11) is -3.64. The summed E-state index contributed by atoms with van der Waals surface area (Å²) in [4.78, 5) is 35.9. The highest BCUT2D eigenvalue weighted by Crippen LogP contribution is 2.16. The molecule has 0 bridgehead atoms. The lowest BCUT2D eigenvalue weighted by molar-refractivity contribution is -0.123. The van der Waals surface area contributed by atoms with Crippen LogP contribution in [0.1, 0.15) is 38.1 Å². The van der Waals surface area contributed by atoms with E-state index < -0.39 is 28.0 Å². The van der Waals surface area contributed by atoms with Crippen molar-refractivity contribution in [1.29, 1.82) is 0 Å². The number of rotatable bonds is 8. The van der Waals surface area contributed by atoms with Crippen LogP contribution in [-0.2, 0) is 24.3 Å². The van der Waals surface area contributed by atoms with Gasteiger partial charge in [-0.15, -0.1) is 0 Å². The lowest BCUT2D eigenvalue weighted by Crippen LogP contribution is -2.30. The van der Waals surface area contributed by atoms with Gasteiger partial charge in [0.05, 0.1) is 10.5 Å². The zero-order chi connectivity index (χ0) is 23.2. The van der Waals surface area contributed by atoms with Crippen LogP contribution in [0.2, 0.25) is 0 Å². The molecule has 10 heteroatoms. The van der Waals surface area contributed by atoms with Crippen molar-refractivity contribution in [2.75, 3.05) is 10.6 Å². The first-order chi connectivity index (χ1) is 14.5. The van der Waals surface area contributed by atoms with Crippen LogP contribution in [0.5, 0.6) is 0 Å². The zero-order valence-corrected chi connectivity index (χ0v) is 18.4. The Balaban J connectivity index is 1.99. The standard InChI is InChI=1S/C21H25N3O6S/c1-13(2)24-31(28,29)19-10-8-17(9-11-19)23-20(26)14(3)30-21(27)16-6-5-7-18(12-16)22-15(4)25/h5-14,24H,1-4H3,(H,22,25)(H,23,26)/t14-/m0/s1. The number of hydrogen-bond donors (Lipinski definition) is 3. The fourth-order valence-electron chi connectivity index (χ4n) is 2.55. The first-order valence-electron chi connectivity index (χ1n) is 9.50. The van der Waals surface area contributed by atoms with E-state index in [1.54, 1.807) is 26.0 Å². The Morgan fingerprint density at radius 2 is 1.55 bits per heavy atom.